The van der Waals surface area contributed by atoms with Gasteiger partial charge >= 0.3 is 0 Å². The minimum absolute atomic E-state index is 0.593. The van der Waals surface area contributed by atoms with Crippen LogP contribution in [0.3, 0.4) is 0 Å². The first-order chi connectivity index (χ1) is 8.34. The Kier molecular flexibility index (Phi) is 2.67. The SMILES string of the molecule is CC1c2cccnc2CCC1Cc1cnc[nH]1. The maximum absolute atomic E-state index is 4.48. The third-order valence-electron chi connectivity index (χ3n) is 3.91. The zero-order chi connectivity index (χ0) is 11.7. The van der Waals surface area contributed by atoms with E-state index in [1.165, 1.54) is 23.4 Å². The van der Waals surface area contributed by atoms with Crippen LogP contribution in [-0.4, -0.2) is 15.0 Å². The second-order valence-corrected chi connectivity index (χ2v) is 4.91. The van der Waals surface area contributed by atoms with Crippen molar-refractivity contribution in [2.45, 2.75) is 32.1 Å². The smallest absolute Gasteiger partial charge is 0.0921 e. The van der Waals surface area contributed by atoms with Crippen molar-refractivity contribution in [2.24, 2.45) is 5.92 Å². The highest BCUT2D eigenvalue weighted by Crippen LogP contribution is 2.36. The van der Waals surface area contributed by atoms with E-state index in [1.54, 1.807) is 6.33 Å². The Balaban J connectivity index is 1.82. The van der Waals surface area contributed by atoms with Crippen molar-refractivity contribution in [1.82, 2.24) is 15.0 Å². The molecular weight excluding hydrogens is 210 g/mol. The van der Waals surface area contributed by atoms with Gasteiger partial charge in [0.1, 0.15) is 0 Å². The summed E-state index contributed by atoms with van der Waals surface area (Å²) in [6.07, 6.45) is 9.03. The molecule has 0 radical (unpaired) electrons. The molecule has 1 aliphatic rings. The summed E-state index contributed by atoms with van der Waals surface area (Å²) in [6, 6.07) is 4.28. The lowest BCUT2D eigenvalue weighted by atomic mass is 9.76. The van der Waals surface area contributed by atoms with Gasteiger partial charge in [-0.2, -0.15) is 0 Å². The van der Waals surface area contributed by atoms with Gasteiger partial charge in [0, 0.05) is 23.8 Å². The number of nitrogens with one attached hydrogen (secondary N) is 1. The molecule has 0 aromatic carbocycles. The molecule has 2 aromatic rings. The first-order valence-electron chi connectivity index (χ1n) is 6.25. The van der Waals surface area contributed by atoms with Gasteiger partial charge < -0.3 is 4.98 Å². The third-order valence-corrected chi connectivity index (χ3v) is 3.91. The van der Waals surface area contributed by atoms with Gasteiger partial charge in [-0.05, 0) is 42.7 Å². The summed E-state index contributed by atoms with van der Waals surface area (Å²) in [7, 11) is 0. The Bertz CT molecular complexity index is 490. The Hall–Kier alpha value is -1.64. The highest BCUT2D eigenvalue weighted by atomic mass is 14.9. The van der Waals surface area contributed by atoms with Gasteiger partial charge in [0.25, 0.3) is 0 Å². The fraction of sp³-hybridized carbons (Fsp3) is 0.429. The topological polar surface area (TPSA) is 41.6 Å². The van der Waals surface area contributed by atoms with E-state index in [0.29, 0.717) is 11.8 Å². The minimum Gasteiger partial charge on any atom is -0.348 e. The summed E-state index contributed by atoms with van der Waals surface area (Å²) in [6.45, 7) is 2.32. The van der Waals surface area contributed by atoms with Crippen LogP contribution in [0.5, 0.6) is 0 Å². The molecule has 17 heavy (non-hydrogen) atoms. The summed E-state index contributed by atoms with van der Waals surface area (Å²) >= 11 is 0. The van der Waals surface area contributed by atoms with E-state index in [2.05, 4.69) is 27.9 Å². The summed E-state index contributed by atoms with van der Waals surface area (Å²) in [5.41, 5.74) is 3.97. The van der Waals surface area contributed by atoms with Crippen LogP contribution in [0.15, 0.2) is 30.9 Å². The van der Waals surface area contributed by atoms with Crippen molar-refractivity contribution in [3.63, 3.8) is 0 Å². The van der Waals surface area contributed by atoms with Gasteiger partial charge in [-0.3, -0.25) is 4.98 Å². The van der Waals surface area contributed by atoms with Crippen molar-refractivity contribution in [3.05, 3.63) is 47.8 Å². The summed E-state index contributed by atoms with van der Waals surface area (Å²) in [5, 5.41) is 0. The molecule has 0 aliphatic heterocycles. The van der Waals surface area contributed by atoms with E-state index in [9.17, 15) is 0 Å². The quantitative estimate of drug-likeness (QED) is 0.857. The molecule has 3 heteroatoms. The molecule has 2 heterocycles. The number of aromatic amines is 1. The van der Waals surface area contributed by atoms with Crippen LogP contribution < -0.4 is 0 Å². The number of fused-ring (bicyclic) bond motifs is 1. The summed E-state index contributed by atoms with van der Waals surface area (Å²) < 4.78 is 0. The minimum atomic E-state index is 0.593. The number of H-pyrrole nitrogens is 1. The number of nitrogens with zero attached hydrogens (tertiary/aromatic N) is 2. The number of hydrogen-bond donors (Lipinski definition) is 1. The molecule has 0 spiro atoms. The Morgan fingerprint density at radius 1 is 1.47 bits per heavy atom. The molecule has 1 N–H and O–H groups in total. The van der Waals surface area contributed by atoms with E-state index in [4.69, 9.17) is 0 Å². The molecule has 1 aliphatic carbocycles. The van der Waals surface area contributed by atoms with Crippen LogP contribution in [0.4, 0.5) is 0 Å². The molecule has 2 aromatic heterocycles. The van der Waals surface area contributed by atoms with Crippen molar-refractivity contribution in [3.8, 4) is 0 Å². The Morgan fingerprint density at radius 2 is 2.41 bits per heavy atom. The largest absolute Gasteiger partial charge is 0.348 e. The zero-order valence-corrected chi connectivity index (χ0v) is 10.1. The predicted molar refractivity (Wildman–Crippen MR) is 66.8 cm³/mol. The normalized spacial score (nSPS) is 23.4. The third kappa shape index (κ3) is 1.97. The highest BCUT2D eigenvalue weighted by molar-refractivity contribution is 5.27. The van der Waals surface area contributed by atoms with Crippen molar-refractivity contribution in [1.29, 1.82) is 0 Å². The Labute approximate surface area is 101 Å². The predicted octanol–water partition coefficient (Wildman–Crippen LogP) is 2.71. The number of hydrogen-bond acceptors (Lipinski definition) is 2. The molecular formula is C14H17N3. The average Bonchev–Trinajstić information content (AvgIpc) is 2.86. The number of rotatable bonds is 2. The average molecular weight is 227 g/mol. The monoisotopic (exact) mass is 227 g/mol. The van der Waals surface area contributed by atoms with E-state index in [1.807, 2.05) is 18.5 Å². The van der Waals surface area contributed by atoms with Crippen LogP contribution in [0.2, 0.25) is 0 Å². The first-order valence-corrected chi connectivity index (χ1v) is 6.25. The van der Waals surface area contributed by atoms with Gasteiger partial charge in [-0.1, -0.05) is 13.0 Å². The van der Waals surface area contributed by atoms with Gasteiger partial charge in [0.2, 0.25) is 0 Å². The molecule has 0 bridgehead atoms. The van der Waals surface area contributed by atoms with Crippen LogP contribution >= 0.6 is 0 Å². The summed E-state index contributed by atoms with van der Waals surface area (Å²) in [5.74, 6) is 1.29. The maximum atomic E-state index is 4.48. The van der Waals surface area contributed by atoms with Gasteiger partial charge in [-0.15, -0.1) is 0 Å². The maximum Gasteiger partial charge on any atom is 0.0921 e. The number of imidazole rings is 1. The highest BCUT2D eigenvalue weighted by Gasteiger charge is 2.26. The van der Waals surface area contributed by atoms with Crippen LogP contribution in [0, 0.1) is 5.92 Å². The van der Waals surface area contributed by atoms with Gasteiger partial charge in [0.05, 0.1) is 6.33 Å². The van der Waals surface area contributed by atoms with E-state index in [-0.39, 0.29) is 0 Å². The molecule has 3 rings (SSSR count). The van der Waals surface area contributed by atoms with Gasteiger partial charge in [0.15, 0.2) is 0 Å². The second kappa shape index (κ2) is 4.32. The van der Waals surface area contributed by atoms with Crippen molar-refractivity contribution < 1.29 is 0 Å². The van der Waals surface area contributed by atoms with Gasteiger partial charge in [-0.25, -0.2) is 4.98 Å². The lowest BCUT2D eigenvalue weighted by molar-refractivity contribution is 0.382. The lowest BCUT2D eigenvalue weighted by Crippen LogP contribution is -2.21. The molecule has 3 nitrogen and oxygen atoms in total. The summed E-state index contributed by atoms with van der Waals surface area (Å²) in [4.78, 5) is 11.8. The Morgan fingerprint density at radius 3 is 3.24 bits per heavy atom. The molecule has 0 fully saturated rings. The van der Waals surface area contributed by atoms with Crippen molar-refractivity contribution >= 4 is 0 Å². The second-order valence-electron chi connectivity index (χ2n) is 4.91. The number of aryl methyl sites for hydroxylation is 1. The van der Waals surface area contributed by atoms with E-state index < -0.39 is 0 Å². The standard InChI is InChI=1S/C14H17N3/c1-10-11(7-12-8-15-9-17-12)4-5-14-13(10)3-2-6-16-14/h2-3,6,8-11H,4-5,7H2,1H3,(H,15,17). The van der Waals surface area contributed by atoms with E-state index >= 15 is 0 Å². The molecule has 0 saturated carbocycles. The molecule has 2 unspecified atom stereocenters. The van der Waals surface area contributed by atoms with Crippen molar-refractivity contribution in [2.75, 3.05) is 0 Å². The molecule has 2 atom stereocenters. The van der Waals surface area contributed by atoms with E-state index in [0.717, 1.165) is 12.8 Å². The molecule has 88 valence electrons. The van der Waals surface area contributed by atoms with Crippen LogP contribution in [0.25, 0.3) is 0 Å². The molecule has 0 saturated heterocycles. The van der Waals surface area contributed by atoms with Crippen LogP contribution in [-0.2, 0) is 12.8 Å². The van der Waals surface area contributed by atoms with Crippen LogP contribution in [0.1, 0.15) is 36.2 Å². The first kappa shape index (κ1) is 10.5. The number of aromatic nitrogens is 3. The lowest BCUT2D eigenvalue weighted by Gasteiger charge is -2.30. The molecule has 0 amide bonds. The fourth-order valence-electron chi connectivity index (χ4n) is 2.86. The number of pyridine rings is 1. The fourth-order valence-corrected chi connectivity index (χ4v) is 2.86. The zero-order valence-electron chi connectivity index (χ0n) is 10.1.